The number of amides is 5. The lowest BCUT2D eigenvalue weighted by molar-refractivity contribution is -0.137. The molecule has 170 valence electrons. The lowest BCUT2D eigenvalue weighted by Gasteiger charge is -2.29. The average molecular weight is 468 g/mol. The highest BCUT2D eigenvalue weighted by Gasteiger charge is 2.40. The first kappa shape index (κ1) is 22.3. The van der Waals surface area contributed by atoms with Crippen molar-refractivity contribution in [2.24, 2.45) is 0 Å². The van der Waals surface area contributed by atoms with Crippen LogP contribution in [0.2, 0.25) is 0 Å². The number of carbonyl (C=O) groups excluding carboxylic acids is 6. The van der Waals surface area contributed by atoms with E-state index in [9.17, 15) is 28.8 Å². The lowest BCUT2D eigenvalue weighted by atomic mass is 10.0. The molecule has 4 rings (SSSR count). The largest absolute Gasteiger partial charge is 0.344 e. The number of imide groups is 1. The number of hydrogen-bond acceptors (Lipinski definition) is 7. The van der Waals surface area contributed by atoms with Gasteiger partial charge in [-0.2, -0.15) is 0 Å². The highest BCUT2D eigenvalue weighted by atomic mass is 32.1. The van der Waals surface area contributed by atoms with E-state index in [0.29, 0.717) is 16.8 Å². The van der Waals surface area contributed by atoms with E-state index in [2.05, 4.69) is 16.0 Å². The molecular formula is C22H20N4O6S. The topological polar surface area (TPSA) is 142 Å². The summed E-state index contributed by atoms with van der Waals surface area (Å²) < 4.78 is 0. The first-order valence-corrected chi connectivity index (χ1v) is 11.1. The maximum Gasteiger partial charge on any atom is 0.292 e. The van der Waals surface area contributed by atoms with Gasteiger partial charge in [-0.25, -0.2) is 0 Å². The lowest BCUT2D eigenvalue weighted by Crippen LogP contribution is -2.52. The summed E-state index contributed by atoms with van der Waals surface area (Å²) in [5.74, 6) is -2.89. The highest BCUT2D eigenvalue weighted by Crippen LogP contribution is 2.33. The summed E-state index contributed by atoms with van der Waals surface area (Å²) in [6.45, 7) is 1.63. The Bertz CT molecular complexity index is 1190. The molecule has 0 spiro atoms. The summed E-state index contributed by atoms with van der Waals surface area (Å²) in [5.41, 5.74) is 1.87. The van der Waals surface area contributed by atoms with Crippen molar-refractivity contribution in [1.82, 2.24) is 15.5 Å². The van der Waals surface area contributed by atoms with E-state index in [-0.39, 0.29) is 49.2 Å². The van der Waals surface area contributed by atoms with Crippen LogP contribution in [-0.2, 0) is 32.3 Å². The van der Waals surface area contributed by atoms with E-state index in [4.69, 9.17) is 0 Å². The Morgan fingerprint density at radius 3 is 2.55 bits per heavy atom. The second-order valence-corrected chi connectivity index (χ2v) is 8.69. The van der Waals surface area contributed by atoms with Gasteiger partial charge in [-0.05, 0) is 36.2 Å². The van der Waals surface area contributed by atoms with Crippen LogP contribution in [-0.4, -0.2) is 46.3 Å². The van der Waals surface area contributed by atoms with Gasteiger partial charge in [-0.15, -0.1) is 11.3 Å². The third-order valence-corrected chi connectivity index (χ3v) is 6.50. The van der Waals surface area contributed by atoms with Crippen LogP contribution in [0.3, 0.4) is 0 Å². The van der Waals surface area contributed by atoms with Crippen molar-refractivity contribution in [1.29, 1.82) is 0 Å². The molecule has 1 unspecified atom stereocenters. The minimum atomic E-state index is -0.796. The normalized spacial score (nSPS) is 17.4. The number of benzene rings is 1. The fourth-order valence-electron chi connectivity index (χ4n) is 3.83. The zero-order valence-corrected chi connectivity index (χ0v) is 18.4. The first-order valence-electron chi connectivity index (χ1n) is 10.2. The number of hydrogen-bond donors (Lipinski definition) is 3. The maximum absolute atomic E-state index is 12.8. The molecule has 3 heterocycles. The predicted octanol–water partition coefficient (Wildman–Crippen LogP) is 0.967. The van der Waals surface area contributed by atoms with Gasteiger partial charge >= 0.3 is 0 Å². The SMILES string of the molecule is CC(=O)Nc1ccc(C(=O)C(=O)NCc2scc3c2CN(C2CCC(=O)NC2=O)C3=O)cc1. The standard InChI is InChI=1S/C22H20N4O6S/c1-11(27)24-13-4-2-12(3-5-13)19(29)21(31)23-8-17-14-9-26(22(32)15(14)10-33-17)16-6-7-18(28)25-20(16)30/h2-5,10,16H,6-9H2,1H3,(H,23,31)(H,24,27)(H,25,28,30). The monoisotopic (exact) mass is 468 g/mol. The van der Waals surface area contributed by atoms with Crippen molar-refractivity contribution in [3.63, 3.8) is 0 Å². The second-order valence-electron chi connectivity index (χ2n) is 7.72. The van der Waals surface area contributed by atoms with Crippen molar-refractivity contribution < 1.29 is 28.8 Å². The van der Waals surface area contributed by atoms with Crippen LogP contribution < -0.4 is 16.0 Å². The van der Waals surface area contributed by atoms with Crippen molar-refractivity contribution in [3.8, 4) is 0 Å². The second kappa shape index (κ2) is 8.94. The Morgan fingerprint density at radius 1 is 1.15 bits per heavy atom. The number of rotatable bonds is 6. The van der Waals surface area contributed by atoms with Gasteiger partial charge in [-0.1, -0.05) is 0 Å². The van der Waals surface area contributed by atoms with Crippen LogP contribution in [0.4, 0.5) is 5.69 Å². The summed E-state index contributed by atoms with van der Waals surface area (Å²) in [7, 11) is 0. The van der Waals surface area contributed by atoms with E-state index in [0.717, 1.165) is 4.88 Å². The van der Waals surface area contributed by atoms with E-state index < -0.39 is 23.6 Å². The van der Waals surface area contributed by atoms with E-state index in [1.807, 2.05) is 0 Å². The number of ketones is 1. The molecule has 1 saturated heterocycles. The molecule has 1 aromatic carbocycles. The molecule has 0 bridgehead atoms. The van der Waals surface area contributed by atoms with Gasteiger partial charge in [-0.3, -0.25) is 34.1 Å². The summed E-state index contributed by atoms with van der Waals surface area (Å²) in [6.07, 6.45) is 0.440. The van der Waals surface area contributed by atoms with E-state index in [1.54, 1.807) is 5.38 Å². The van der Waals surface area contributed by atoms with Gasteiger partial charge in [0, 0.05) is 41.4 Å². The van der Waals surface area contributed by atoms with Crippen molar-refractivity contribution >= 4 is 52.3 Å². The Labute approximate surface area is 192 Å². The van der Waals surface area contributed by atoms with Gasteiger partial charge in [0.25, 0.3) is 11.8 Å². The molecule has 1 aromatic heterocycles. The fourth-order valence-corrected chi connectivity index (χ4v) is 4.81. The Hall–Kier alpha value is -3.86. The van der Waals surface area contributed by atoms with Gasteiger partial charge in [0.2, 0.25) is 23.5 Å². The number of fused-ring (bicyclic) bond motifs is 1. The molecule has 2 aliphatic heterocycles. The molecule has 2 aromatic rings. The number of nitrogens with zero attached hydrogens (tertiary/aromatic N) is 1. The van der Waals surface area contributed by atoms with Crippen LogP contribution >= 0.6 is 11.3 Å². The Kier molecular flexibility index (Phi) is 6.05. The molecule has 11 heteroatoms. The van der Waals surface area contributed by atoms with Crippen LogP contribution in [0.25, 0.3) is 0 Å². The number of piperidine rings is 1. The molecule has 1 fully saturated rings. The summed E-state index contributed by atoms with van der Waals surface area (Å²) >= 11 is 1.29. The summed E-state index contributed by atoms with van der Waals surface area (Å²) in [6, 6.07) is 5.25. The van der Waals surface area contributed by atoms with Crippen molar-refractivity contribution in [2.75, 3.05) is 5.32 Å². The van der Waals surface area contributed by atoms with Gasteiger partial charge in [0.15, 0.2) is 0 Å². The zero-order chi connectivity index (χ0) is 23.7. The predicted molar refractivity (Wildman–Crippen MR) is 117 cm³/mol. The van der Waals surface area contributed by atoms with Gasteiger partial charge < -0.3 is 15.5 Å². The molecule has 3 N–H and O–H groups in total. The number of anilines is 1. The van der Waals surface area contributed by atoms with Crippen molar-refractivity contribution in [2.45, 2.75) is 38.9 Å². The number of nitrogens with one attached hydrogen (secondary N) is 3. The average Bonchev–Trinajstić information content (AvgIpc) is 3.32. The van der Waals surface area contributed by atoms with Gasteiger partial charge in [0.1, 0.15) is 6.04 Å². The third-order valence-electron chi connectivity index (χ3n) is 5.47. The number of thiophene rings is 1. The molecular weight excluding hydrogens is 448 g/mol. The minimum Gasteiger partial charge on any atom is -0.344 e. The number of carbonyl (C=O) groups is 6. The quantitative estimate of drug-likeness (QED) is 0.328. The van der Waals surface area contributed by atoms with Gasteiger partial charge in [0.05, 0.1) is 12.1 Å². The molecule has 33 heavy (non-hydrogen) atoms. The van der Waals surface area contributed by atoms with Crippen LogP contribution in [0, 0.1) is 0 Å². The van der Waals surface area contributed by atoms with Crippen LogP contribution in [0.15, 0.2) is 29.6 Å². The summed E-state index contributed by atoms with van der Waals surface area (Å²) in [4.78, 5) is 74.3. The molecule has 5 amide bonds. The Balaban J connectivity index is 1.38. The fraction of sp³-hybridized carbons (Fsp3) is 0.273. The molecule has 2 aliphatic rings. The molecule has 0 radical (unpaired) electrons. The first-order chi connectivity index (χ1) is 15.7. The zero-order valence-electron chi connectivity index (χ0n) is 17.6. The number of Topliss-reactive ketones (excluding diaryl/α,β-unsaturated/α-hetero) is 1. The smallest absolute Gasteiger partial charge is 0.292 e. The maximum atomic E-state index is 12.8. The van der Waals surface area contributed by atoms with E-state index in [1.165, 1.54) is 47.4 Å². The van der Waals surface area contributed by atoms with E-state index >= 15 is 0 Å². The highest BCUT2D eigenvalue weighted by molar-refractivity contribution is 7.10. The molecule has 1 atom stereocenters. The Morgan fingerprint density at radius 2 is 1.88 bits per heavy atom. The molecule has 0 saturated carbocycles. The molecule has 10 nitrogen and oxygen atoms in total. The molecule has 0 aliphatic carbocycles. The van der Waals surface area contributed by atoms with Crippen LogP contribution in [0.5, 0.6) is 0 Å². The van der Waals surface area contributed by atoms with Crippen molar-refractivity contribution in [3.05, 3.63) is 51.2 Å². The summed E-state index contributed by atoms with van der Waals surface area (Å²) in [5, 5.41) is 9.09. The third kappa shape index (κ3) is 4.53. The van der Waals surface area contributed by atoms with Crippen LogP contribution in [0.1, 0.15) is 50.9 Å². The minimum absolute atomic E-state index is 0.0605.